The van der Waals surface area contributed by atoms with Crippen LogP contribution in [0, 0.1) is 11.8 Å². The Morgan fingerprint density at radius 3 is 2.60 bits per heavy atom. The van der Waals surface area contributed by atoms with Crippen molar-refractivity contribution in [3.63, 3.8) is 0 Å². The average molecular weight is 363 g/mol. The minimum atomic E-state index is -0.481. The van der Waals surface area contributed by atoms with E-state index >= 15 is 0 Å². The molecule has 0 aliphatic heterocycles. The standard InChI is InChI=1S/C18H25N3O3S/c1-10-9-12(10)17(24)20-8-7-14(22)21-18-15(16(19)23)11-5-3-2-4-6-13(11)25-18/h10,12H,2-9H2,1H3,(H2,19,23)(H,20,24)(H,21,22)/t10-,12-/m0/s1. The number of amides is 3. The fourth-order valence-corrected chi connectivity index (χ4v) is 4.71. The van der Waals surface area contributed by atoms with E-state index in [2.05, 4.69) is 10.6 Å². The summed E-state index contributed by atoms with van der Waals surface area (Å²) < 4.78 is 0. The van der Waals surface area contributed by atoms with Gasteiger partial charge < -0.3 is 16.4 Å². The lowest BCUT2D eigenvalue weighted by molar-refractivity contribution is -0.122. The fraction of sp³-hybridized carbons (Fsp3) is 0.611. The molecule has 25 heavy (non-hydrogen) atoms. The van der Waals surface area contributed by atoms with Gasteiger partial charge in [0.25, 0.3) is 5.91 Å². The average Bonchev–Trinajstić information content (AvgIpc) is 3.24. The summed E-state index contributed by atoms with van der Waals surface area (Å²) in [6, 6.07) is 0. The predicted molar refractivity (Wildman–Crippen MR) is 97.6 cm³/mol. The van der Waals surface area contributed by atoms with Gasteiger partial charge >= 0.3 is 0 Å². The first-order chi connectivity index (χ1) is 12.0. The van der Waals surface area contributed by atoms with E-state index in [-0.39, 0.29) is 24.2 Å². The minimum Gasteiger partial charge on any atom is -0.365 e. The first-order valence-corrected chi connectivity index (χ1v) is 9.81. The highest BCUT2D eigenvalue weighted by atomic mass is 32.1. The summed E-state index contributed by atoms with van der Waals surface area (Å²) in [7, 11) is 0. The van der Waals surface area contributed by atoms with Gasteiger partial charge in [-0.2, -0.15) is 0 Å². The molecule has 3 rings (SSSR count). The lowest BCUT2D eigenvalue weighted by Gasteiger charge is -2.07. The first kappa shape index (κ1) is 17.9. The van der Waals surface area contributed by atoms with Gasteiger partial charge in [-0.1, -0.05) is 13.3 Å². The number of anilines is 1. The number of nitrogens with two attached hydrogens (primary N) is 1. The zero-order valence-electron chi connectivity index (χ0n) is 14.5. The molecular formula is C18H25N3O3S. The second-order valence-corrected chi connectivity index (χ2v) is 8.15. The van der Waals surface area contributed by atoms with Crippen molar-refractivity contribution in [2.45, 2.75) is 51.9 Å². The van der Waals surface area contributed by atoms with E-state index < -0.39 is 5.91 Å². The van der Waals surface area contributed by atoms with Crippen molar-refractivity contribution in [3.05, 3.63) is 16.0 Å². The van der Waals surface area contributed by atoms with E-state index in [1.165, 1.54) is 11.3 Å². The lowest BCUT2D eigenvalue weighted by atomic mass is 10.1. The van der Waals surface area contributed by atoms with Crippen LogP contribution in [0.4, 0.5) is 5.00 Å². The zero-order chi connectivity index (χ0) is 18.0. The summed E-state index contributed by atoms with van der Waals surface area (Å²) in [4.78, 5) is 37.0. The Morgan fingerprint density at radius 1 is 1.20 bits per heavy atom. The van der Waals surface area contributed by atoms with E-state index in [0.717, 1.165) is 49.0 Å². The molecule has 1 aromatic heterocycles. The molecule has 3 amide bonds. The van der Waals surface area contributed by atoms with Gasteiger partial charge in [-0.15, -0.1) is 11.3 Å². The Morgan fingerprint density at radius 2 is 1.92 bits per heavy atom. The Balaban J connectivity index is 1.59. The highest BCUT2D eigenvalue weighted by Gasteiger charge is 2.38. The number of carbonyl (C=O) groups is 3. The largest absolute Gasteiger partial charge is 0.365 e. The van der Waals surface area contributed by atoms with Crippen molar-refractivity contribution in [2.24, 2.45) is 17.6 Å². The van der Waals surface area contributed by atoms with Gasteiger partial charge in [0, 0.05) is 23.8 Å². The molecule has 136 valence electrons. The van der Waals surface area contributed by atoms with Gasteiger partial charge in [0.15, 0.2) is 0 Å². The van der Waals surface area contributed by atoms with Gasteiger partial charge in [0.2, 0.25) is 11.8 Å². The number of fused-ring (bicyclic) bond motifs is 1. The Labute approximate surface area is 151 Å². The van der Waals surface area contributed by atoms with Gasteiger partial charge in [0.05, 0.1) is 5.56 Å². The zero-order valence-corrected chi connectivity index (χ0v) is 15.3. The maximum atomic E-state index is 12.2. The molecule has 0 saturated heterocycles. The molecule has 0 unspecified atom stereocenters. The van der Waals surface area contributed by atoms with Gasteiger partial charge in [-0.25, -0.2) is 0 Å². The van der Waals surface area contributed by atoms with Crippen molar-refractivity contribution in [2.75, 3.05) is 11.9 Å². The van der Waals surface area contributed by atoms with Crippen LogP contribution in [0.25, 0.3) is 0 Å². The highest BCUT2D eigenvalue weighted by Crippen LogP contribution is 2.38. The van der Waals surface area contributed by atoms with Gasteiger partial charge in [-0.3, -0.25) is 14.4 Å². The minimum absolute atomic E-state index is 0.0287. The number of nitrogens with one attached hydrogen (secondary N) is 2. The van der Waals surface area contributed by atoms with Crippen molar-refractivity contribution in [3.8, 4) is 0 Å². The van der Waals surface area contributed by atoms with Crippen LogP contribution < -0.4 is 16.4 Å². The smallest absolute Gasteiger partial charge is 0.251 e. The van der Waals surface area contributed by atoms with E-state index in [9.17, 15) is 14.4 Å². The second kappa shape index (κ2) is 7.56. The van der Waals surface area contributed by atoms with E-state index in [1.807, 2.05) is 6.92 Å². The van der Waals surface area contributed by atoms with Gasteiger partial charge in [-0.05, 0) is 43.6 Å². The Hall–Kier alpha value is -1.89. The molecule has 6 nitrogen and oxygen atoms in total. The van der Waals surface area contributed by atoms with E-state index in [1.54, 1.807) is 0 Å². The summed E-state index contributed by atoms with van der Waals surface area (Å²) in [5, 5.41) is 6.18. The van der Waals surface area contributed by atoms with E-state index in [0.29, 0.717) is 23.0 Å². The molecule has 0 spiro atoms. The topological polar surface area (TPSA) is 101 Å². The molecule has 0 aromatic carbocycles. The number of aryl methyl sites for hydroxylation is 1. The monoisotopic (exact) mass is 363 g/mol. The number of carbonyl (C=O) groups excluding carboxylic acids is 3. The van der Waals surface area contributed by atoms with Crippen LogP contribution >= 0.6 is 11.3 Å². The third-order valence-corrected chi connectivity index (χ3v) is 6.23. The summed E-state index contributed by atoms with van der Waals surface area (Å²) in [5.41, 5.74) is 7.06. The molecule has 1 heterocycles. The Bertz CT molecular complexity index is 698. The van der Waals surface area contributed by atoms with Crippen LogP contribution in [0.1, 0.15) is 59.8 Å². The first-order valence-electron chi connectivity index (χ1n) is 8.99. The molecule has 0 bridgehead atoms. The van der Waals surface area contributed by atoms with Crippen molar-refractivity contribution >= 4 is 34.1 Å². The summed E-state index contributed by atoms with van der Waals surface area (Å²) in [6.07, 6.45) is 6.20. The van der Waals surface area contributed by atoms with Crippen LogP contribution in [0.3, 0.4) is 0 Å². The molecule has 1 saturated carbocycles. The van der Waals surface area contributed by atoms with Crippen molar-refractivity contribution in [1.29, 1.82) is 0 Å². The Kier molecular flexibility index (Phi) is 5.42. The van der Waals surface area contributed by atoms with Crippen molar-refractivity contribution < 1.29 is 14.4 Å². The normalized spacial score (nSPS) is 21.8. The predicted octanol–water partition coefficient (Wildman–Crippen LogP) is 2.22. The molecule has 2 aliphatic carbocycles. The maximum absolute atomic E-state index is 12.2. The molecule has 4 N–H and O–H groups in total. The number of primary amides is 1. The quantitative estimate of drug-likeness (QED) is 0.675. The van der Waals surface area contributed by atoms with Gasteiger partial charge in [0.1, 0.15) is 5.00 Å². The molecule has 0 radical (unpaired) electrons. The number of hydrogen-bond donors (Lipinski definition) is 3. The number of rotatable bonds is 6. The summed E-state index contributed by atoms with van der Waals surface area (Å²) >= 11 is 1.47. The van der Waals surface area contributed by atoms with Crippen LogP contribution in [-0.2, 0) is 22.4 Å². The third-order valence-electron chi connectivity index (χ3n) is 5.02. The fourth-order valence-electron chi connectivity index (χ4n) is 3.40. The molecule has 7 heteroatoms. The van der Waals surface area contributed by atoms with Crippen LogP contribution in [0.5, 0.6) is 0 Å². The maximum Gasteiger partial charge on any atom is 0.251 e. The number of thiophene rings is 1. The van der Waals surface area contributed by atoms with Crippen molar-refractivity contribution in [1.82, 2.24) is 5.32 Å². The second-order valence-electron chi connectivity index (χ2n) is 7.04. The lowest BCUT2D eigenvalue weighted by Crippen LogP contribution is -2.29. The SMILES string of the molecule is C[C@H]1C[C@@H]1C(=O)NCCC(=O)Nc1sc2c(c1C(N)=O)CCCCC2. The number of hydrogen-bond acceptors (Lipinski definition) is 4. The van der Waals surface area contributed by atoms with E-state index in [4.69, 9.17) is 5.73 Å². The van der Waals surface area contributed by atoms with Crippen LogP contribution in [0.2, 0.25) is 0 Å². The summed E-state index contributed by atoms with van der Waals surface area (Å²) in [6.45, 7) is 2.36. The highest BCUT2D eigenvalue weighted by molar-refractivity contribution is 7.17. The molecular weight excluding hydrogens is 338 g/mol. The molecule has 1 aromatic rings. The molecule has 2 atom stereocenters. The molecule has 2 aliphatic rings. The van der Waals surface area contributed by atoms with Crippen LogP contribution in [0.15, 0.2) is 0 Å². The summed E-state index contributed by atoms with van der Waals surface area (Å²) in [5.74, 6) is -0.0966. The molecule has 1 fully saturated rings. The third kappa shape index (κ3) is 4.21. The van der Waals surface area contributed by atoms with Crippen LogP contribution in [-0.4, -0.2) is 24.3 Å².